The van der Waals surface area contributed by atoms with Gasteiger partial charge in [0.1, 0.15) is 11.5 Å². The van der Waals surface area contributed by atoms with Gasteiger partial charge >= 0.3 is 0 Å². The summed E-state index contributed by atoms with van der Waals surface area (Å²) in [4.78, 5) is 31.5. The molecule has 2 N–H and O–H groups in total. The zero-order valence-corrected chi connectivity index (χ0v) is 22.4. The average molecular weight is 547 g/mol. The maximum atomic E-state index is 13.4. The molecule has 9 heteroatoms. The number of ether oxygens (including phenoxy) is 3. The van der Waals surface area contributed by atoms with Crippen LogP contribution in [0.2, 0.25) is 5.02 Å². The Morgan fingerprint density at radius 1 is 0.949 bits per heavy atom. The fourth-order valence-electron chi connectivity index (χ4n) is 4.97. The molecule has 4 aromatic rings. The summed E-state index contributed by atoms with van der Waals surface area (Å²) in [6.07, 6.45) is 2.36. The summed E-state index contributed by atoms with van der Waals surface area (Å²) in [5.74, 6) is -0.168. The van der Waals surface area contributed by atoms with Gasteiger partial charge in [0.15, 0.2) is 11.5 Å². The van der Waals surface area contributed by atoms with Gasteiger partial charge in [0.25, 0.3) is 11.7 Å². The van der Waals surface area contributed by atoms with Crippen molar-refractivity contribution in [3.8, 4) is 17.2 Å². The fourth-order valence-corrected chi connectivity index (χ4v) is 5.10. The summed E-state index contributed by atoms with van der Waals surface area (Å²) in [6, 6.07) is 16.6. The zero-order chi connectivity index (χ0) is 27.7. The minimum absolute atomic E-state index is 0.00450. The second kappa shape index (κ2) is 10.7. The summed E-state index contributed by atoms with van der Waals surface area (Å²) in [5, 5.41) is 12.9. The lowest BCUT2D eigenvalue weighted by molar-refractivity contribution is -0.139. The van der Waals surface area contributed by atoms with Crippen molar-refractivity contribution in [3.05, 3.63) is 94.1 Å². The molecule has 39 heavy (non-hydrogen) atoms. The highest BCUT2D eigenvalue weighted by molar-refractivity contribution is 6.46. The Labute approximate surface area is 230 Å². The van der Waals surface area contributed by atoms with Gasteiger partial charge in [-0.05, 0) is 66.1 Å². The normalized spacial score (nSPS) is 16.6. The van der Waals surface area contributed by atoms with Crippen LogP contribution in [0.15, 0.2) is 72.4 Å². The van der Waals surface area contributed by atoms with E-state index in [9.17, 15) is 14.7 Å². The largest absolute Gasteiger partial charge is 0.507 e. The van der Waals surface area contributed by atoms with Crippen molar-refractivity contribution in [1.82, 2.24) is 9.88 Å². The minimum Gasteiger partial charge on any atom is -0.507 e. The number of carbonyl (C=O) groups excluding carboxylic acids is 2. The average Bonchev–Trinajstić information content (AvgIpc) is 3.48. The topological polar surface area (TPSA) is 101 Å². The monoisotopic (exact) mass is 546 g/mol. The van der Waals surface area contributed by atoms with Crippen molar-refractivity contribution in [2.75, 3.05) is 27.9 Å². The Morgan fingerprint density at radius 3 is 2.38 bits per heavy atom. The maximum Gasteiger partial charge on any atom is 0.295 e. The van der Waals surface area contributed by atoms with E-state index in [0.29, 0.717) is 34.1 Å². The molecule has 1 aromatic heterocycles. The molecule has 2 heterocycles. The summed E-state index contributed by atoms with van der Waals surface area (Å²) in [5.41, 5.74) is 2.89. The third-order valence-electron chi connectivity index (χ3n) is 6.98. The van der Waals surface area contributed by atoms with E-state index in [4.69, 9.17) is 25.8 Å². The number of aromatic amines is 1. The molecule has 0 saturated carbocycles. The van der Waals surface area contributed by atoms with Crippen molar-refractivity contribution < 1.29 is 28.9 Å². The Balaban J connectivity index is 1.56. The number of amides is 1. The number of nitrogens with zero attached hydrogens (tertiary/aromatic N) is 1. The molecule has 200 valence electrons. The number of aromatic nitrogens is 1. The zero-order valence-electron chi connectivity index (χ0n) is 21.7. The van der Waals surface area contributed by atoms with Crippen LogP contribution in [0.3, 0.4) is 0 Å². The summed E-state index contributed by atoms with van der Waals surface area (Å²) < 4.78 is 16.0. The van der Waals surface area contributed by atoms with Crippen LogP contribution < -0.4 is 14.2 Å². The lowest BCUT2D eigenvalue weighted by atomic mass is 9.95. The molecule has 0 aliphatic carbocycles. The van der Waals surface area contributed by atoms with E-state index in [1.165, 1.54) is 19.1 Å². The second-order valence-corrected chi connectivity index (χ2v) is 9.53. The summed E-state index contributed by atoms with van der Waals surface area (Å²) in [7, 11) is 4.60. The molecule has 1 saturated heterocycles. The number of nitrogens with one attached hydrogen (secondary N) is 1. The van der Waals surface area contributed by atoms with Gasteiger partial charge in [-0.2, -0.15) is 0 Å². The van der Waals surface area contributed by atoms with E-state index in [1.807, 2.05) is 24.4 Å². The number of likely N-dealkylation sites (tertiary alicyclic amines) is 1. The molecule has 1 aliphatic rings. The minimum atomic E-state index is -0.810. The SMILES string of the molecule is COc1ccc2[nH]cc(CCN3C(=O)C(=O)C(=C(O)c4ccc(OC)c(OC)c4)[C@@H]3c3ccc(Cl)cc3)c2c1. The lowest BCUT2D eigenvalue weighted by Gasteiger charge is -2.25. The van der Waals surface area contributed by atoms with E-state index in [1.54, 1.807) is 49.6 Å². The van der Waals surface area contributed by atoms with E-state index >= 15 is 0 Å². The molecule has 0 spiro atoms. The van der Waals surface area contributed by atoms with Crippen LogP contribution in [-0.4, -0.2) is 54.6 Å². The van der Waals surface area contributed by atoms with Crippen LogP contribution in [0.5, 0.6) is 17.2 Å². The van der Waals surface area contributed by atoms with Gasteiger partial charge in [-0.1, -0.05) is 23.7 Å². The predicted molar refractivity (Wildman–Crippen MR) is 149 cm³/mol. The highest BCUT2D eigenvalue weighted by Crippen LogP contribution is 2.41. The Kier molecular flexibility index (Phi) is 7.21. The van der Waals surface area contributed by atoms with Gasteiger partial charge in [-0.15, -0.1) is 0 Å². The van der Waals surface area contributed by atoms with Gasteiger partial charge in [-0.3, -0.25) is 9.59 Å². The van der Waals surface area contributed by atoms with Crippen molar-refractivity contribution in [2.45, 2.75) is 12.5 Å². The highest BCUT2D eigenvalue weighted by atomic mass is 35.5. The number of ketones is 1. The maximum absolute atomic E-state index is 13.4. The van der Waals surface area contributed by atoms with E-state index in [2.05, 4.69) is 4.98 Å². The number of rotatable bonds is 8. The number of hydrogen-bond acceptors (Lipinski definition) is 6. The van der Waals surface area contributed by atoms with Crippen LogP contribution in [0.4, 0.5) is 0 Å². The van der Waals surface area contributed by atoms with Crippen molar-refractivity contribution in [1.29, 1.82) is 0 Å². The van der Waals surface area contributed by atoms with Gasteiger partial charge in [0.2, 0.25) is 0 Å². The molecule has 1 aliphatic heterocycles. The first-order valence-electron chi connectivity index (χ1n) is 12.3. The molecule has 0 unspecified atom stereocenters. The van der Waals surface area contributed by atoms with E-state index in [-0.39, 0.29) is 17.9 Å². The number of fused-ring (bicyclic) bond motifs is 1. The third-order valence-corrected chi connectivity index (χ3v) is 7.23. The Morgan fingerprint density at radius 2 is 1.69 bits per heavy atom. The van der Waals surface area contributed by atoms with E-state index in [0.717, 1.165) is 22.2 Å². The fraction of sp³-hybridized carbons (Fsp3) is 0.200. The van der Waals surface area contributed by atoms with Crippen LogP contribution in [0.25, 0.3) is 16.7 Å². The first-order valence-corrected chi connectivity index (χ1v) is 12.6. The quantitative estimate of drug-likeness (QED) is 0.172. The molecule has 1 amide bonds. The van der Waals surface area contributed by atoms with Crippen molar-refractivity contribution in [3.63, 3.8) is 0 Å². The predicted octanol–water partition coefficient (Wildman–Crippen LogP) is 5.51. The molecule has 3 aromatic carbocycles. The lowest BCUT2D eigenvalue weighted by Crippen LogP contribution is -2.31. The van der Waals surface area contributed by atoms with Crippen LogP contribution >= 0.6 is 11.6 Å². The molecular weight excluding hydrogens is 520 g/mol. The molecule has 8 nitrogen and oxygen atoms in total. The molecule has 0 radical (unpaired) electrons. The smallest absolute Gasteiger partial charge is 0.295 e. The number of benzene rings is 3. The first kappa shape index (κ1) is 26.2. The van der Waals surface area contributed by atoms with Gasteiger partial charge in [-0.25, -0.2) is 0 Å². The van der Waals surface area contributed by atoms with Gasteiger partial charge in [0.05, 0.1) is 32.9 Å². The molecule has 5 rings (SSSR count). The number of halogens is 1. The third kappa shape index (κ3) is 4.79. The Hall–Kier alpha value is -4.43. The molecular formula is C30H27ClN2O6. The van der Waals surface area contributed by atoms with Crippen LogP contribution in [0.1, 0.15) is 22.7 Å². The molecule has 0 bridgehead atoms. The molecule has 1 fully saturated rings. The van der Waals surface area contributed by atoms with Crippen LogP contribution in [0, 0.1) is 0 Å². The Bertz CT molecular complexity index is 1590. The number of aliphatic hydroxyl groups excluding tert-OH is 1. The van der Waals surface area contributed by atoms with Gasteiger partial charge in [0, 0.05) is 34.2 Å². The first-order chi connectivity index (χ1) is 18.9. The number of hydrogen-bond donors (Lipinski definition) is 2. The number of methoxy groups -OCH3 is 3. The highest BCUT2D eigenvalue weighted by Gasteiger charge is 2.46. The van der Waals surface area contributed by atoms with Crippen molar-refractivity contribution in [2.24, 2.45) is 0 Å². The van der Waals surface area contributed by atoms with Crippen molar-refractivity contribution >= 4 is 40.0 Å². The second-order valence-electron chi connectivity index (χ2n) is 9.09. The van der Waals surface area contributed by atoms with Crippen LogP contribution in [-0.2, 0) is 16.0 Å². The number of Topliss-reactive ketones (excluding diaryl/α,β-unsaturated/α-hetero) is 1. The van der Waals surface area contributed by atoms with Gasteiger partial charge < -0.3 is 29.2 Å². The standard InChI is InChI=1S/C30H27ClN2O6/c1-37-21-9-10-23-22(15-21)19(16-32-23)12-13-33-27(17-4-7-20(31)8-5-17)26(29(35)30(33)36)28(34)18-6-11-24(38-2)25(14-18)39-3/h4-11,14-16,27,32,34H,12-13H2,1-3H3/t27-/m0/s1. The number of H-pyrrole nitrogens is 1. The number of aliphatic hydroxyl groups is 1. The number of carbonyl (C=O) groups is 2. The summed E-state index contributed by atoms with van der Waals surface area (Å²) in [6.45, 7) is 0.241. The summed E-state index contributed by atoms with van der Waals surface area (Å²) >= 11 is 6.13. The molecule has 1 atom stereocenters. The van der Waals surface area contributed by atoms with E-state index < -0.39 is 17.7 Å².